The van der Waals surface area contributed by atoms with Gasteiger partial charge in [0.05, 0.1) is 5.56 Å². The lowest BCUT2D eigenvalue weighted by atomic mass is 9.93. The van der Waals surface area contributed by atoms with Gasteiger partial charge in [0.1, 0.15) is 0 Å². The van der Waals surface area contributed by atoms with Crippen molar-refractivity contribution in [1.82, 2.24) is 0 Å². The molecular weight excluding hydrogens is 331 g/mol. The largest absolute Gasteiger partial charge is 0.417 e. The second-order valence-electron chi connectivity index (χ2n) is 6.36. The van der Waals surface area contributed by atoms with Gasteiger partial charge < -0.3 is 10.2 Å². The molecule has 0 radical (unpaired) electrons. The first kappa shape index (κ1) is 21.2. The fourth-order valence-electron chi connectivity index (χ4n) is 3.17. The Morgan fingerprint density at radius 2 is 1.71 bits per heavy atom. The predicted octanol–water partition coefficient (Wildman–Crippen LogP) is 5.68. The summed E-state index contributed by atoms with van der Waals surface area (Å²) in [5, 5.41) is 0. The van der Waals surface area contributed by atoms with Crippen LogP contribution in [0.2, 0.25) is 18.1 Å². The number of nitrogens with two attached hydrogens (primary N) is 1. The van der Waals surface area contributed by atoms with Crippen LogP contribution in [0.25, 0.3) is 0 Å². The van der Waals surface area contributed by atoms with E-state index in [1.54, 1.807) is 13.0 Å². The molecule has 0 unspecified atom stereocenters. The Bertz CT molecular complexity index is 505. The molecule has 1 atom stereocenters. The van der Waals surface area contributed by atoms with Gasteiger partial charge in [-0.05, 0) is 55.1 Å². The molecule has 6 heteroatoms. The molecule has 0 bridgehead atoms. The molecule has 2 N–H and O–H groups in total. The maximum Gasteiger partial charge on any atom is 0.416 e. The number of benzene rings is 1. The number of alkyl halides is 3. The van der Waals surface area contributed by atoms with E-state index in [1.165, 1.54) is 6.07 Å². The van der Waals surface area contributed by atoms with Crippen molar-refractivity contribution in [3.63, 3.8) is 0 Å². The lowest BCUT2D eigenvalue weighted by molar-refractivity contribution is -0.138. The average Bonchev–Trinajstić information content (AvgIpc) is 2.54. The van der Waals surface area contributed by atoms with E-state index < -0.39 is 26.1 Å². The van der Waals surface area contributed by atoms with Crippen molar-refractivity contribution in [2.45, 2.75) is 70.9 Å². The predicted molar refractivity (Wildman–Crippen MR) is 95.5 cm³/mol. The van der Waals surface area contributed by atoms with E-state index >= 15 is 0 Å². The molecule has 0 amide bonds. The summed E-state index contributed by atoms with van der Waals surface area (Å²) in [4.78, 5) is 0. The molecule has 0 aliphatic carbocycles. The molecule has 2 nitrogen and oxygen atoms in total. The third-order valence-corrected chi connectivity index (χ3v) is 9.60. The summed E-state index contributed by atoms with van der Waals surface area (Å²) >= 11 is 0. The molecule has 0 aliphatic heterocycles. The molecule has 0 aromatic heterocycles. The molecule has 1 rings (SSSR count). The fraction of sp³-hybridized carbons (Fsp3) is 0.667. The monoisotopic (exact) mass is 361 g/mol. The molecular formula is C18H30F3NOSi. The van der Waals surface area contributed by atoms with Crippen LogP contribution < -0.4 is 5.73 Å². The molecule has 24 heavy (non-hydrogen) atoms. The molecule has 0 spiro atoms. The molecule has 1 aromatic carbocycles. The van der Waals surface area contributed by atoms with Crippen molar-refractivity contribution >= 4 is 8.32 Å². The van der Waals surface area contributed by atoms with Crippen molar-refractivity contribution < 1.29 is 17.6 Å². The first-order chi connectivity index (χ1) is 11.2. The van der Waals surface area contributed by atoms with Gasteiger partial charge in [0.25, 0.3) is 0 Å². The zero-order valence-corrected chi connectivity index (χ0v) is 16.2. The summed E-state index contributed by atoms with van der Waals surface area (Å²) in [6.45, 7) is 8.68. The standard InChI is InChI=1S/C18H30F3NOSi/c1-5-24(6-2,7-3)23-13-9-11-16-15(14(4)22)10-8-12-17(16)18(19,20)21/h8,10,12,14H,5-7,9,11,13,22H2,1-4H3/t14-/m1/s1. The topological polar surface area (TPSA) is 35.2 Å². The van der Waals surface area contributed by atoms with E-state index in [1.807, 2.05) is 0 Å². The zero-order valence-electron chi connectivity index (χ0n) is 15.2. The molecule has 0 aliphatic rings. The highest BCUT2D eigenvalue weighted by molar-refractivity contribution is 6.73. The second-order valence-corrected chi connectivity index (χ2v) is 11.1. The summed E-state index contributed by atoms with van der Waals surface area (Å²) in [5.74, 6) is 0. The Hall–Kier alpha value is -0.853. The minimum atomic E-state index is -4.35. The smallest absolute Gasteiger partial charge is 0.416 e. The summed E-state index contributed by atoms with van der Waals surface area (Å²) in [5.41, 5.74) is 6.20. The van der Waals surface area contributed by atoms with E-state index in [2.05, 4.69) is 20.8 Å². The molecule has 138 valence electrons. The average molecular weight is 362 g/mol. The van der Waals surface area contributed by atoms with Crippen LogP contribution in [0.3, 0.4) is 0 Å². The van der Waals surface area contributed by atoms with Crippen molar-refractivity contribution in [1.29, 1.82) is 0 Å². The third-order valence-electron chi connectivity index (χ3n) is 4.92. The molecule has 0 fully saturated rings. The lowest BCUT2D eigenvalue weighted by Gasteiger charge is -2.28. The maximum atomic E-state index is 13.3. The summed E-state index contributed by atoms with van der Waals surface area (Å²) in [6.07, 6.45) is -3.43. The van der Waals surface area contributed by atoms with Crippen LogP contribution in [0, 0.1) is 0 Å². The Morgan fingerprint density at radius 1 is 1.12 bits per heavy atom. The third kappa shape index (κ3) is 5.33. The number of hydrogen-bond donors (Lipinski definition) is 1. The van der Waals surface area contributed by atoms with E-state index in [0.29, 0.717) is 30.6 Å². The highest BCUT2D eigenvalue weighted by Crippen LogP contribution is 2.35. The molecule has 0 saturated carbocycles. The number of rotatable bonds is 9. The molecule has 1 aromatic rings. The normalized spacial score (nSPS) is 14.0. The van der Waals surface area contributed by atoms with Crippen LogP contribution in [0.5, 0.6) is 0 Å². The number of hydrogen-bond acceptors (Lipinski definition) is 2. The fourth-order valence-corrected chi connectivity index (χ4v) is 5.86. The van der Waals surface area contributed by atoms with E-state index in [9.17, 15) is 13.2 Å². The first-order valence-electron chi connectivity index (χ1n) is 8.79. The van der Waals surface area contributed by atoms with Gasteiger partial charge in [-0.3, -0.25) is 0 Å². The minimum absolute atomic E-state index is 0.320. The second kappa shape index (κ2) is 9.01. The lowest BCUT2D eigenvalue weighted by Crippen LogP contribution is -2.36. The SMILES string of the molecule is CC[Si](CC)(CC)OCCCc1c([C@@H](C)N)cccc1C(F)(F)F. The van der Waals surface area contributed by atoms with Crippen LogP contribution in [-0.2, 0) is 17.0 Å². The summed E-state index contributed by atoms with van der Waals surface area (Å²) in [6, 6.07) is 6.99. The van der Waals surface area contributed by atoms with Crippen molar-refractivity contribution in [3.8, 4) is 0 Å². The van der Waals surface area contributed by atoms with E-state index in [4.69, 9.17) is 10.2 Å². The van der Waals surface area contributed by atoms with Crippen molar-refractivity contribution in [3.05, 3.63) is 34.9 Å². The van der Waals surface area contributed by atoms with E-state index in [-0.39, 0.29) is 0 Å². The Morgan fingerprint density at radius 3 is 2.17 bits per heavy atom. The minimum Gasteiger partial charge on any atom is -0.417 e. The Kier molecular flexibility index (Phi) is 7.96. The van der Waals surface area contributed by atoms with Gasteiger partial charge in [0.2, 0.25) is 0 Å². The number of halogens is 3. The van der Waals surface area contributed by atoms with Gasteiger partial charge >= 0.3 is 6.18 Å². The molecule has 0 saturated heterocycles. The van der Waals surface area contributed by atoms with Crippen LogP contribution >= 0.6 is 0 Å². The van der Waals surface area contributed by atoms with Crippen LogP contribution in [0.15, 0.2) is 18.2 Å². The first-order valence-corrected chi connectivity index (χ1v) is 11.3. The van der Waals surface area contributed by atoms with Crippen molar-refractivity contribution in [2.24, 2.45) is 5.73 Å². The van der Waals surface area contributed by atoms with Crippen LogP contribution in [-0.4, -0.2) is 14.9 Å². The van der Waals surface area contributed by atoms with Gasteiger partial charge in [0.15, 0.2) is 8.32 Å². The highest BCUT2D eigenvalue weighted by atomic mass is 28.4. The Labute approximate surface area is 144 Å². The highest BCUT2D eigenvalue weighted by Gasteiger charge is 2.34. The van der Waals surface area contributed by atoms with Crippen LogP contribution in [0.1, 0.15) is 56.8 Å². The van der Waals surface area contributed by atoms with Gasteiger partial charge in [0, 0.05) is 12.6 Å². The zero-order chi connectivity index (χ0) is 18.4. The van der Waals surface area contributed by atoms with Crippen LogP contribution in [0.4, 0.5) is 13.2 Å². The summed E-state index contributed by atoms with van der Waals surface area (Å²) in [7, 11) is -1.69. The molecule has 0 heterocycles. The van der Waals surface area contributed by atoms with Crippen molar-refractivity contribution in [2.75, 3.05) is 6.61 Å². The Balaban J connectivity index is 2.87. The van der Waals surface area contributed by atoms with Gasteiger partial charge in [-0.15, -0.1) is 0 Å². The maximum absolute atomic E-state index is 13.3. The quantitative estimate of drug-likeness (QED) is 0.454. The summed E-state index contributed by atoms with van der Waals surface area (Å²) < 4.78 is 46.0. The van der Waals surface area contributed by atoms with E-state index in [0.717, 1.165) is 24.2 Å². The van der Waals surface area contributed by atoms with Gasteiger partial charge in [-0.1, -0.05) is 32.9 Å². The van der Waals surface area contributed by atoms with Gasteiger partial charge in [-0.25, -0.2) is 0 Å². The van der Waals surface area contributed by atoms with Gasteiger partial charge in [-0.2, -0.15) is 13.2 Å².